The fourth-order valence-corrected chi connectivity index (χ4v) is 1.54. The Bertz CT molecular complexity index is 418. The second kappa shape index (κ2) is 6.42. The van der Waals surface area contributed by atoms with Crippen molar-refractivity contribution in [2.24, 2.45) is 5.73 Å². The van der Waals surface area contributed by atoms with Crippen molar-refractivity contribution in [3.05, 3.63) is 29.8 Å². The summed E-state index contributed by atoms with van der Waals surface area (Å²) >= 11 is 0. The monoisotopic (exact) mass is 276 g/mol. The number of ether oxygens (including phenoxy) is 1. The number of nitrogens with two attached hydrogens (primary N) is 1. The third kappa shape index (κ3) is 4.78. The Labute approximate surface area is 108 Å². The first-order valence-corrected chi connectivity index (χ1v) is 5.57. The molecule has 0 aliphatic carbocycles. The molecule has 1 rings (SSSR count). The fraction of sp³-hybridized carbons (Fsp3) is 0.417. The molecule has 0 spiro atoms. The Balaban J connectivity index is 2.85. The quantitative estimate of drug-likeness (QED) is 0.889. The predicted molar refractivity (Wildman–Crippen MR) is 64.0 cm³/mol. The zero-order valence-corrected chi connectivity index (χ0v) is 10.4. The number of carbonyl (C=O) groups excluding carboxylic acids is 1. The van der Waals surface area contributed by atoms with Crippen LogP contribution in [0.1, 0.15) is 10.4 Å². The van der Waals surface area contributed by atoms with Gasteiger partial charge < -0.3 is 15.4 Å². The molecule has 0 aliphatic rings. The molecule has 1 aromatic carbocycles. The molecule has 2 N–H and O–H groups in total. The molecule has 0 bridgehead atoms. The third-order valence-electron chi connectivity index (χ3n) is 2.39. The van der Waals surface area contributed by atoms with Crippen LogP contribution in [0.2, 0.25) is 0 Å². The van der Waals surface area contributed by atoms with E-state index in [0.29, 0.717) is 10.6 Å². The van der Waals surface area contributed by atoms with E-state index in [9.17, 15) is 18.0 Å². The zero-order chi connectivity index (χ0) is 14.5. The van der Waals surface area contributed by atoms with Gasteiger partial charge in [-0.05, 0) is 24.3 Å². The Morgan fingerprint density at radius 1 is 1.32 bits per heavy atom. The van der Waals surface area contributed by atoms with Crippen molar-refractivity contribution in [3.63, 3.8) is 0 Å². The zero-order valence-electron chi connectivity index (χ0n) is 10.4. The van der Waals surface area contributed by atoms with Gasteiger partial charge in [0.2, 0.25) is 0 Å². The average molecular weight is 276 g/mol. The first kappa shape index (κ1) is 15.3. The molecule has 0 aliphatic heterocycles. The standard InChI is InChI=1S/C12H15F3N2O2/c1-19-10-4-2-9(3-5-10)11(18)17(7-6-16)8-12(13,14)15/h2-5H,6-8,16H2,1H3. The molecule has 0 atom stereocenters. The van der Waals surface area contributed by atoms with Gasteiger partial charge in [0.1, 0.15) is 12.3 Å². The van der Waals surface area contributed by atoms with Crippen LogP contribution < -0.4 is 10.5 Å². The normalized spacial score (nSPS) is 11.2. The van der Waals surface area contributed by atoms with E-state index < -0.39 is 18.6 Å². The summed E-state index contributed by atoms with van der Waals surface area (Å²) in [5.41, 5.74) is 5.39. The molecule has 19 heavy (non-hydrogen) atoms. The summed E-state index contributed by atoms with van der Waals surface area (Å²) in [6.07, 6.45) is -4.45. The third-order valence-corrected chi connectivity index (χ3v) is 2.39. The average Bonchev–Trinajstić information content (AvgIpc) is 2.36. The minimum absolute atomic E-state index is 0.0298. The number of halogens is 3. The molecule has 0 saturated carbocycles. The first-order valence-electron chi connectivity index (χ1n) is 5.57. The molecule has 7 heteroatoms. The van der Waals surface area contributed by atoms with Crippen LogP contribution in [0.15, 0.2) is 24.3 Å². The molecule has 0 fully saturated rings. The lowest BCUT2D eigenvalue weighted by Gasteiger charge is -2.23. The Kier molecular flexibility index (Phi) is 5.17. The van der Waals surface area contributed by atoms with E-state index in [0.717, 1.165) is 0 Å². The number of hydrogen-bond acceptors (Lipinski definition) is 3. The molecule has 1 aromatic rings. The van der Waals surface area contributed by atoms with Crippen LogP contribution in [0.5, 0.6) is 5.75 Å². The Hall–Kier alpha value is -1.76. The number of nitrogens with zero attached hydrogens (tertiary/aromatic N) is 1. The van der Waals surface area contributed by atoms with Crippen LogP contribution in [0, 0.1) is 0 Å². The molecule has 0 aromatic heterocycles. The fourth-order valence-electron chi connectivity index (χ4n) is 1.54. The minimum atomic E-state index is -4.45. The largest absolute Gasteiger partial charge is 0.497 e. The van der Waals surface area contributed by atoms with Crippen molar-refractivity contribution in [1.29, 1.82) is 0 Å². The van der Waals surface area contributed by atoms with E-state index in [2.05, 4.69) is 0 Å². The summed E-state index contributed by atoms with van der Waals surface area (Å²) in [7, 11) is 1.46. The molecule has 0 radical (unpaired) electrons. The van der Waals surface area contributed by atoms with Gasteiger partial charge in [-0.1, -0.05) is 0 Å². The molecule has 0 unspecified atom stereocenters. The molecular formula is C12H15F3N2O2. The van der Waals surface area contributed by atoms with Gasteiger partial charge in [-0.3, -0.25) is 4.79 Å². The Morgan fingerprint density at radius 2 is 1.89 bits per heavy atom. The summed E-state index contributed by atoms with van der Waals surface area (Å²) in [6.45, 7) is -1.49. The summed E-state index contributed by atoms with van der Waals surface area (Å²) < 4.78 is 42.0. The van der Waals surface area contributed by atoms with Crippen molar-refractivity contribution in [2.45, 2.75) is 6.18 Å². The van der Waals surface area contributed by atoms with Gasteiger partial charge in [-0.25, -0.2) is 0 Å². The van der Waals surface area contributed by atoms with Crippen molar-refractivity contribution < 1.29 is 22.7 Å². The summed E-state index contributed by atoms with van der Waals surface area (Å²) in [4.78, 5) is 12.6. The number of methoxy groups -OCH3 is 1. The molecular weight excluding hydrogens is 261 g/mol. The SMILES string of the molecule is COc1ccc(C(=O)N(CCN)CC(F)(F)F)cc1. The highest BCUT2D eigenvalue weighted by atomic mass is 19.4. The lowest BCUT2D eigenvalue weighted by atomic mass is 10.2. The van der Waals surface area contributed by atoms with E-state index in [-0.39, 0.29) is 18.7 Å². The molecule has 4 nitrogen and oxygen atoms in total. The maximum atomic E-state index is 12.4. The second-order valence-corrected chi connectivity index (χ2v) is 3.86. The van der Waals surface area contributed by atoms with E-state index in [1.54, 1.807) is 0 Å². The van der Waals surface area contributed by atoms with Gasteiger partial charge in [0, 0.05) is 18.7 Å². The van der Waals surface area contributed by atoms with Crippen molar-refractivity contribution in [1.82, 2.24) is 4.90 Å². The lowest BCUT2D eigenvalue weighted by Crippen LogP contribution is -2.41. The topological polar surface area (TPSA) is 55.6 Å². The predicted octanol–water partition coefficient (Wildman–Crippen LogP) is 1.66. The molecule has 1 amide bonds. The smallest absolute Gasteiger partial charge is 0.406 e. The number of alkyl halides is 3. The molecule has 106 valence electrons. The summed E-state index contributed by atoms with van der Waals surface area (Å²) in [5.74, 6) is -0.178. The highest BCUT2D eigenvalue weighted by molar-refractivity contribution is 5.94. The number of benzene rings is 1. The van der Waals surface area contributed by atoms with Crippen LogP contribution in [-0.4, -0.2) is 43.7 Å². The molecule has 0 saturated heterocycles. The lowest BCUT2D eigenvalue weighted by molar-refractivity contribution is -0.140. The van der Waals surface area contributed by atoms with Gasteiger partial charge in [0.25, 0.3) is 5.91 Å². The van der Waals surface area contributed by atoms with Gasteiger partial charge in [0.15, 0.2) is 0 Å². The van der Waals surface area contributed by atoms with Crippen molar-refractivity contribution in [3.8, 4) is 5.75 Å². The van der Waals surface area contributed by atoms with E-state index in [4.69, 9.17) is 10.5 Å². The van der Waals surface area contributed by atoms with E-state index in [1.807, 2.05) is 0 Å². The number of carbonyl (C=O) groups is 1. The van der Waals surface area contributed by atoms with Gasteiger partial charge in [-0.15, -0.1) is 0 Å². The Morgan fingerprint density at radius 3 is 2.32 bits per heavy atom. The van der Waals surface area contributed by atoms with E-state index in [1.165, 1.54) is 31.4 Å². The minimum Gasteiger partial charge on any atom is -0.497 e. The number of hydrogen-bond donors (Lipinski definition) is 1. The van der Waals surface area contributed by atoms with Crippen LogP contribution in [-0.2, 0) is 0 Å². The van der Waals surface area contributed by atoms with Gasteiger partial charge in [0.05, 0.1) is 7.11 Å². The van der Waals surface area contributed by atoms with Crippen LogP contribution in [0.25, 0.3) is 0 Å². The van der Waals surface area contributed by atoms with Crippen LogP contribution in [0.4, 0.5) is 13.2 Å². The highest BCUT2D eigenvalue weighted by Gasteiger charge is 2.32. The van der Waals surface area contributed by atoms with Crippen LogP contribution >= 0.6 is 0 Å². The summed E-state index contributed by atoms with van der Waals surface area (Å²) in [6, 6.07) is 5.87. The number of amides is 1. The van der Waals surface area contributed by atoms with E-state index >= 15 is 0 Å². The van der Waals surface area contributed by atoms with Crippen molar-refractivity contribution >= 4 is 5.91 Å². The molecule has 0 heterocycles. The van der Waals surface area contributed by atoms with Crippen molar-refractivity contribution in [2.75, 3.05) is 26.7 Å². The second-order valence-electron chi connectivity index (χ2n) is 3.86. The highest BCUT2D eigenvalue weighted by Crippen LogP contribution is 2.19. The summed E-state index contributed by atoms with van der Waals surface area (Å²) in [5, 5.41) is 0. The maximum absolute atomic E-state index is 12.4. The van der Waals surface area contributed by atoms with Crippen LogP contribution in [0.3, 0.4) is 0 Å². The number of rotatable bonds is 5. The van der Waals surface area contributed by atoms with Gasteiger partial charge in [-0.2, -0.15) is 13.2 Å². The maximum Gasteiger partial charge on any atom is 0.406 e. The first-order chi connectivity index (χ1) is 8.87. The van der Waals surface area contributed by atoms with Gasteiger partial charge >= 0.3 is 6.18 Å².